The fraction of sp³-hybridized carbons (Fsp3) is 0.429. The Kier molecular flexibility index (Phi) is 4.15. The van der Waals surface area contributed by atoms with Crippen LogP contribution >= 0.6 is 15.9 Å². The summed E-state index contributed by atoms with van der Waals surface area (Å²) in [5.74, 6) is 1.29. The zero-order valence-electron chi connectivity index (χ0n) is 11.9. The predicted molar refractivity (Wildman–Crippen MR) is 78.1 cm³/mol. The molecule has 2 rings (SSSR count). The maximum absolute atomic E-state index is 12.6. The third kappa shape index (κ3) is 3.28. The topological polar surface area (TPSA) is 30.7 Å². The zero-order valence-corrected chi connectivity index (χ0v) is 13.5. The minimum Gasteiger partial charge on any atom is -0.305 e. The van der Waals surface area contributed by atoms with E-state index in [1.807, 2.05) is 25.3 Å². The van der Waals surface area contributed by atoms with Crippen molar-refractivity contribution in [3.05, 3.63) is 35.7 Å². The third-order valence-electron chi connectivity index (χ3n) is 2.99. The molecule has 1 aromatic heterocycles. The Morgan fingerprint density at radius 2 is 1.62 bits per heavy atom. The van der Waals surface area contributed by atoms with Crippen molar-refractivity contribution in [2.75, 3.05) is 0 Å². The van der Waals surface area contributed by atoms with E-state index in [0.717, 1.165) is 18.0 Å². The molecule has 0 aliphatic heterocycles. The average Bonchev–Trinajstić information content (AvgIpc) is 2.81. The Morgan fingerprint density at radius 3 is 2.05 bits per heavy atom. The van der Waals surface area contributed by atoms with Crippen LogP contribution in [0.2, 0.25) is 0 Å². The van der Waals surface area contributed by atoms with Crippen molar-refractivity contribution >= 4 is 15.9 Å². The second-order valence-electron chi connectivity index (χ2n) is 5.65. The van der Waals surface area contributed by atoms with Crippen molar-refractivity contribution in [3.63, 3.8) is 0 Å². The maximum atomic E-state index is 12.6. The summed E-state index contributed by atoms with van der Waals surface area (Å²) >= 11 is 3.35. The normalized spacial score (nSPS) is 12.7. The lowest BCUT2D eigenvalue weighted by Crippen LogP contribution is -2.24. The van der Waals surface area contributed by atoms with E-state index in [1.165, 1.54) is 12.1 Å². The molecule has 0 amide bonds. The van der Waals surface area contributed by atoms with Gasteiger partial charge in [0.25, 0.3) is 0 Å². The Balaban J connectivity index is 2.50. The van der Waals surface area contributed by atoms with Gasteiger partial charge in [0.05, 0.1) is 10.9 Å². The molecule has 0 unspecified atom stereocenters. The zero-order chi connectivity index (χ0) is 15.8. The summed E-state index contributed by atoms with van der Waals surface area (Å²) in [7, 11) is 0. The molecule has 1 aromatic carbocycles. The third-order valence-corrected chi connectivity index (χ3v) is 3.49. The molecule has 0 radical (unpaired) electrons. The molecule has 0 saturated carbocycles. The molecule has 0 bridgehead atoms. The first-order valence-corrected chi connectivity index (χ1v) is 7.45. The molecule has 2 aromatic rings. The molecule has 3 nitrogen and oxygen atoms in total. The standard InChI is InChI=1S/C14H15BrF3N3/c1-13(2,3)21-11(8-15)19-20-12(21)9-4-6-10(7-5-9)14(16,17)18/h4-7H,8H2,1-3H3. The lowest BCUT2D eigenvalue weighted by molar-refractivity contribution is -0.137. The molecule has 0 atom stereocenters. The van der Waals surface area contributed by atoms with E-state index in [2.05, 4.69) is 26.1 Å². The minimum atomic E-state index is -4.34. The lowest BCUT2D eigenvalue weighted by atomic mass is 10.1. The molecule has 0 aliphatic rings. The van der Waals surface area contributed by atoms with Gasteiger partial charge in [-0.3, -0.25) is 0 Å². The van der Waals surface area contributed by atoms with Crippen molar-refractivity contribution in [3.8, 4) is 11.4 Å². The van der Waals surface area contributed by atoms with Gasteiger partial charge in [-0.25, -0.2) is 0 Å². The van der Waals surface area contributed by atoms with Crippen molar-refractivity contribution in [1.82, 2.24) is 14.8 Å². The number of benzene rings is 1. The number of aromatic nitrogens is 3. The van der Waals surface area contributed by atoms with Gasteiger partial charge in [0.2, 0.25) is 0 Å². The summed E-state index contributed by atoms with van der Waals surface area (Å²) < 4.78 is 39.8. The van der Waals surface area contributed by atoms with E-state index in [1.54, 1.807) is 0 Å². The molecule has 0 fully saturated rings. The molecule has 114 valence electrons. The van der Waals surface area contributed by atoms with Gasteiger partial charge in [-0.05, 0) is 32.9 Å². The Hall–Kier alpha value is -1.37. The summed E-state index contributed by atoms with van der Waals surface area (Å²) in [5.41, 5.74) is -0.337. The van der Waals surface area contributed by atoms with E-state index < -0.39 is 11.7 Å². The number of alkyl halides is 4. The summed E-state index contributed by atoms with van der Waals surface area (Å²) in [6.45, 7) is 5.99. The highest BCUT2D eigenvalue weighted by Crippen LogP contribution is 2.32. The summed E-state index contributed by atoms with van der Waals surface area (Å²) in [6.07, 6.45) is -4.34. The maximum Gasteiger partial charge on any atom is 0.416 e. The molecule has 0 saturated heterocycles. The quantitative estimate of drug-likeness (QED) is 0.731. The van der Waals surface area contributed by atoms with E-state index >= 15 is 0 Å². The van der Waals surface area contributed by atoms with Crippen LogP contribution < -0.4 is 0 Å². The summed E-state index contributed by atoms with van der Waals surface area (Å²) in [6, 6.07) is 4.97. The first-order chi connectivity index (χ1) is 9.64. The highest BCUT2D eigenvalue weighted by Gasteiger charge is 2.30. The van der Waals surface area contributed by atoms with E-state index in [0.29, 0.717) is 16.7 Å². The van der Waals surface area contributed by atoms with E-state index in [9.17, 15) is 13.2 Å². The van der Waals surface area contributed by atoms with Crippen LogP contribution in [-0.4, -0.2) is 14.8 Å². The molecule has 1 heterocycles. The van der Waals surface area contributed by atoms with Gasteiger partial charge in [-0.2, -0.15) is 13.2 Å². The number of hydrogen-bond donors (Lipinski definition) is 0. The van der Waals surface area contributed by atoms with Gasteiger partial charge in [-0.15, -0.1) is 10.2 Å². The van der Waals surface area contributed by atoms with Crippen LogP contribution in [0.4, 0.5) is 13.2 Å². The fourth-order valence-corrected chi connectivity index (χ4v) is 2.47. The average molecular weight is 362 g/mol. The predicted octanol–water partition coefficient (Wildman–Crippen LogP) is 4.61. The molecule has 0 aliphatic carbocycles. The number of nitrogens with zero attached hydrogens (tertiary/aromatic N) is 3. The molecule has 7 heteroatoms. The van der Waals surface area contributed by atoms with Gasteiger partial charge < -0.3 is 4.57 Å². The number of hydrogen-bond acceptors (Lipinski definition) is 2. The fourth-order valence-electron chi connectivity index (χ4n) is 2.10. The largest absolute Gasteiger partial charge is 0.416 e. The van der Waals surface area contributed by atoms with E-state index in [-0.39, 0.29) is 5.54 Å². The summed E-state index contributed by atoms with van der Waals surface area (Å²) in [4.78, 5) is 0. The lowest BCUT2D eigenvalue weighted by Gasteiger charge is -2.24. The Labute approximate surface area is 129 Å². The number of rotatable bonds is 2. The SMILES string of the molecule is CC(C)(C)n1c(CBr)nnc1-c1ccc(C(F)(F)F)cc1. The molecular weight excluding hydrogens is 347 g/mol. The van der Waals surface area contributed by atoms with Crippen LogP contribution in [0, 0.1) is 0 Å². The van der Waals surface area contributed by atoms with Crippen LogP contribution in [0.3, 0.4) is 0 Å². The van der Waals surface area contributed by atoms with Gasteiger partial charge in [0, 0.05) is 11.1 Å². The summed E-state index contributed by atoms with van der Waals surface area (Å²) in [5, 5.41) is 8.74. The van der Waals surface area contributed by atoms with Crippen LogP contribution in [0.25, 0.3) is 11.4 Å². The first-order valence-electron chi connectivity index (χ1n) is 6.33. The van der Waals surface area contributed by atoms with E-state index in [4.69, 9.17) is 0 Å². The van der Waals surface area contributed by atoms with Crippen LogP contribution in [0.5, 0.6) is 0 Å². The molecule has 21 heavy (non-hydrogen) atoms. The number of halogens is 4. The van der Waals surface area contributed by atoms with Crippen LogP contribution in [-0.2, 0) is 17.0 Å². The molecule has 0 spiro atoms. The first kappa shape index (κ1) is 16.0. The highest BCUT2D eigenvalue weighted by atomic mass is 79.9. The molecular formula is C14H15BrF3N3. The van der Waals surface area contributed by atoms with Gasteiger partial charge in [0.15, 0.2) is 5.82 Å². The smallest absolute Gasteiger partial charge is 0.305 e. The Bertz CT molecular complexity index is 624. The van der Waals surface area contributed by atoms with Crippen molar-refractivity contribution in [1.29, 1.82) is 0 Å². The van der Waals surface area contributed by atoms with Crippen LogP contribution in [0.1, 0.15) is 32.2 Å². The monoisotopic (exact) mass is 361 g/mol. The van der Waals surface area contributed by atoms with Crippen molar-refractivity contribution in [2.45, 2.75) is 37.8 Å². The van der Waals surface area contributed by atoms with Gasteiger partial charge in [0.1, 0.15) is 5.82 Å². The second-order valence-corrected chi connectivity index (χ2v) is 6.22. The highest BCUT2D eigenvalue weighted by molar-refractivity contribution is 9.08. The Morgan fingerprint density at radius 1 is 1.05 bits per heavy atom. The molecule has 0 N–H and O–H groups in total. The minimum absolute atomic E-state index is 0.273. The van der Waals surface area contributed by atoms with Crippen LogP contribution in [0.15, 0.2) is 24.3 Å². The van der Waals surface area contributed by atoms with Crippen molar-refractivity contribution < 1.29 is 13.2 Å². The van der Waals surface area contributed by atoms with Gasteiger partial charge >= 0.3 is 6.18 Å². The van der Waals surface area contributed by atoms with Gasteiger partial charge in [-0.1, -0.05) is 28.1 Å². The second kappa shape index (κ2) is 5.44. The van der Waals surface area contributed by atoms with Crippen molar-refractivity contribution in [2.24, 2.45) is 0 Å².